The summed E-state index contributed by atoms with van der Waals surface area (Å²) in [5.74, 6) is 0.340. The molecule has 5 rings (SSSR count). The van der Waals surface area contributed by atoms with E-state index in [1.165, 1.54) is 29.7 Å². The summed E-state index contributed by atoms with van der Waals surface area (Å²) >= 11 is 6.31. The van der Waals surface area contributed by atoms with E-state index >= 15 is 0 Å². The fraction of sp³-hybridized carbons (Fsp3) is 0.500. The highest BCUT2D eigenvalue weighted by Crippen LogP contribution is 2.38. The quantitative estimate of drug-likeness (QED) is 0.262. The van der Waals surface area contributed by atoms with Gasteiger partial charge in [0.2, 0.25) is 20.0 Å². The summed E-state index contributed by atoms with van der Waals surface area (Å²) in [4.78, 5) is 7.49. The minimum atomic E-state index is -3.74. The second-order valence-electron chi connectivity index (χ2n) is 10.5. The van der Waals surface area contributed by atoms with Gasteiger partial charge >= 0.3 is 0 Å². The molecule has 1 spiro atoms. The van der Waals surface area contributed by atoms with Crippen molar-refractivity contribution in [2.45, 2.75) is 53.7 Å². The molecule has 12 nitrogen and oxygen atoms in total. The van der Waals surface area contributed by atoms with Crippen LogP contribution in [0.4, 0.5) is 0 Å². The molecule has 15 heteroatoms. The largest absolute Gasteiger partial charge is 0.491 e. The smallest absolute Gasteiger partial charge is 0.244 e. The zero-order valence-electron chi connectivity index (χ0n) is 22.8. The number of aliphatic hydroxyl groups is 1. The van der Waals surface area contributed by atoms with Crippen LogP contribution in [-0.2, 0) is 24.8 Å². The number of nitrogens with one attached hydrogen (secondary N) is 3. The van der Waals surface area contributed by atoms with Gasteiger partial charge in [-0.1, -0.05) is 17.7 Å². The van der Waals surface area contributed by atoms with Crippen molar-refractivity contribution in [3.63, 3.8) is 0 Å². The molecule has 41 heavy (non-hydrogen) atoms. The number of hydrogen-bond acceptors (Lipinski definition) is 9. The molecule has 0 aliphatic carbocycles. The van der Waals surface area contributed by atoms with E-state index in [1.54, 1.807) is 18.2 Å². The molecule has 2 atom stereocenters. The van der Waals surface area contributed by atoms with Gasteiger partial charge in [0.25, 0.3) is 0 Å². The van der Waals surface area contributed by atoms with E-state index in [1.807, 2.05) is 6.92 Å². The number of nitrogens with zero attached hydrogens (tertiary/aromatic N) is 2. The second-order valence-corrected chi connectivity index (χ2v) is 14.7. The molecule has 0 bridgehead atoms. The third-order valence-electron chi connectivity index (χ3n) is 7.68. The summed E-state index contributed by atoms with van der Waals surface area (Å²) in [6.45, 7) is 3.15. The van der Waals surface area contributed by atoms with Gasteiger partial charge in [-0.05, 0) is 51.4 Å². The van der Waals surface area contributed by atoms with Crippen LogP contribution in [0.1, 0.15) is 25.0 Å². The Bertz CT molecular complexity index is 1620. The standard InChI is InChI=1S/C26H34ClN5O7S2/c1-17-24(27)23-11-22(14-30-25(23)31-17)41(36,37)32-8-6-26(7-9-32)12-18(15-39-26)29-13-19(33)16-38-20-4-3-5-21(10-20)40(34,35)28-2/h3-5,10-11,14,18-19,28-29,33H,6-9,12-13,15-16H2,1-2H3,(H,30,31)/t18?,19-/m0/s1. The molecule has 3 aromatic rings. The Morgan fingerprint density at radius 2 is 2.00 bits per heavy atom. The fourth-order valence-corrected chi connectivity index (χ4v) is 7.67. The zero-order valence-corrected chi connectivity index (χ0v) is 25.2. The lowest BCUT2D eigenvalue weighted by molar-refractivity contribution is -0.0312. The SMILES string of the molecule is CNS(=O)(=O)c1cccc(OC[C@@H](O)CNC2COC3(CCN(S(=O)(=O)c4cnc5[nH]c(C)c(Cl)c5c4)CC3)C2)c1. The molecule has 0 radical (unpaired) electrons. The Labute approximate surface area is 244 Å². The van der Waals surface area contributed by atoms with Crippen LogP contribution >= 0.6 is 11.6 Å². The molecular weight excluding hydrogens is 594 g/mol. The first-order valence-corrected chi connectivity index (χ1v) is 16.6. The van der Waals surface area contributed by atoms with Crippen molar-refractivity contribution < 1.29 is 31.4 Å². The topological polar surface area (TPSA) is 163 Å². The maximum absolute atomic E-state index is 13.3. The highest BCUT2D eigenvalue weighted by Gasteiger charge is 2.44. The van der Waals surface area contributed by atoms with Gasteiger partial charge in [-0.3, -0.25) is 0 Å². The molecule has 4 N–H and O–H groups in total. The molecule has 0 amide bonds. The summed E-state index contributed by atoms with van der Waals surface area (Å²) in [5, 5.41) is 14.8. The van der Waals surface area contributed by atoms with E-state index in [4.69, 9.17) is 21.1 Å². The number of fused-ring (bicyclic) bond motifs is 1. The first-order chi connectivity index (χ1) is 19.4. The Hall–Kier alpha value is -2.30. The summed E-state index contributed by atoms with van der Waals surface area (Å²) in [6, 6.07) is 7.63. The van der Waals surface area contributed by atoms with E-state index in [0.29, 0.717) is 60.8 Å². The van der Waals surface area contributed by atoms with E-state index in [-0.39, 0.29) is 29.0 Å². The van der Waals surface area contributed by atoms with Crippen LogP contribution in [0.15, 0.2) is 46.3 Å². The van der Waals surface area contributed by atoms with E-state index in [2.05, 4.69) is 20.0 Å². The molecule has 2 aliphatic heterocycles. The lowest BCUT2D eigenvalue weighted by atomic mass is 9.88. The van der Waals surface area contributed by atoms with Crippen molar-refractivity contribution in [3.05, 3.63) is 47.2 Å². The molecule has 2 saturated heterocycles. The van der Waals surface area contributed by atoms with Crippen molar-refractivity contribution >= 4 is 42.7 Å². The number of aliphatic hydroxyl groups excluding tert-OH is 1. The van der Waals surface area contributed by atoms with Crippen molar-refractivity contribution in [3.8, 4) is 5.75 Å². The number of ether oxygens (including phenoxy) is 2. The van der Waals surface area contributed by atoms with Crippen LogP contribution in [0.3, 0.4) is 0 Å². The first-order valence-electron chi connectivity index (χ1n) is 13.3. The second kappa shape index (κ2) is 11.8. The maximum atomic E-state index is 13.3. The number of pyridine rings is 1. The number of hydrogen-bond donors (Lipinski definition) is 4. The number of sulfonamides is 2. The Morgan fingerprint density at radius 3 is 2.73 bits per heavy atom. The molecule has 0 saturated carbocycles. The van der Waals surface area contributed by atoms with Crippen LogP contribution in [0.2, 0.25) is 5.02 Å². The normalized spacial score (nSPS) is 20.5. The third kappa shape index (κ3) is 6.39. The van der Waals surface area contributed by atoms with Crippen LogP contribution in [0.5, 0.6) is 5.75 Å². The molecule has 2 aromatic heterocycles. The molecule has 2 aliphatic rings. The number of benzene rings is 1. The Kier molecular flexibility index (Phi) is 8.66. The predicted octanol–water partition coefficient (Wildman–Crippen LogP) is 1.77. The number of aryl methyl sites for hydroxylation is 1. The van der Waals surface area contributed by atoms with Gasteiger partial charge in [0.15, 0.2) is 0 Å². The molecule has 224 valence electrons. The lowest BCUT2D eigenvalue weighted by Gasteiger charge is -2.38. The van der Waals surface area contributed by atoms with Gasteiger partial charge in [-0.15, -0.1) is 0 Å². The summed E-state index contributed by atoms with van der Waals surface area (Å²) in [7, 11) is -6.00. The number of halogens is 1. The average molecular weight is 628 g/mol. The molecular formula is C26H34ClN5O7S2. The Balaban J connectivity index is 1.10. The van der Waals surface area contributed by atoms with Gasteiger partial charge in [0.1, 0.15) is 29.0 Å². The van der Waals surface area contributed by atoms with Gasteiger partial charge in [0.05, 0.1) is 22.1 Å². The zero-order chi connectivity index (χ0) is 29.4. The van der Waals surface area contributed by atoms with Crippen LogP contribution in [0, 0.1) is 6.92 Å². The monoisotopic (exact) mass is 627 g/mol. The minimum Gasteiger partial charge on any atom is -0.491 e. The summed E-state index contributed by atoms with van der Waals surface area (Å²) in [6.07, 6.45) is 2.34. The number of rotatable bonds is 10. The van der Waals surface area contributed by atoms with Gasteiger partial charge in [0, 0.05) is 49.0 Å². The predicted molar refractivity (Wildman–Crippen MR) is 153 cm³/mol. The number of aromatic nitrogens is 2. The number of piperidine rings is 1. The summed E-state index contributed by atoms with van der Waals surface area (Å²) in [5.41, 5.74) is 0.860. The van der Waals surface area contributed by atoms with Crippen molar-refractivity contribution in [1.82, 2.24) is 24.3 Å². The highest BCUT2D eigenvalue weighted by molar-refractivity contribution is 7.89. The molecule has 1 aromatic carbocycles. The molecule has 1 unspecified atom stereocenters. The lowest BCUT2D eigenvalue weighted by Crippen LogP contribution is -2.47. The molecule has 4 heterocycles. The average Bonchev–Trinajstić information content (AvgIpc) is 3.50. The Morgan fingerprint density at radius 1 is 1.24 bits per heavy atom. The van der Waals surface area contributed by atoms with Crippen molar-refractivity contribution in [1.29, 1.82) is 0 Å². The number of aromatic amines is 1. The van der Waals surface area contributed by atoms with E-state index in [0.717, 1.165) is 5.69 Å². The van der Waals surface area contributed by atoms with E-state index < -0.39 is 31.8 Å². The minimum absolute atomic E-state index is 0.00230. The maximum Gasteiger partial charge on any atom is 0.244 e. The van der Waals surface area contributed by atoms with Crippen LogP contribution < -0.4 is 14.8 Å². The van der Waals surface area contributed by atoms with Gasteiger partial charge in [-0.2, -0.15) is 4.31 Å². The first kappa shape index (κ1) is 30.2. The number of H-pyrrole nitrogens is 1. The van der Waals surface area contributed by atoms with E-state index in [9.17, 15) is 21.9 Å². The summed E-state index contributed by atoms with van der Waals surface area (Å²) < 4.78 is 66.1. The third-order valence-corrected chi connectivity index (χ3v) is 11.4. The van der Waals surface area contributed by atoms with Crippen LogP contribution in [0.25, 0.3) is 11.0 Å². The van der Waals surface area contributed by atoms with Gasteiger partial charge < -0.3 is 24.9 Å². The fourth-order valence-electron chi connectivity index (χ4n) is 5.30. The highest BCUT2D eigenvalue weighted by atomic mass is 35.5. The molecule has 2 fully saturated rings. The van der Waals surface area contributed by atoms with Crippen molar-refractivity contribution in [2.75, 3.05) is 39.9 Å². The van der Waals surface area contributed by atoms with Crippen LogP contribution in [-0.4, -0.2) is 93.9 Å². The van der Waals surface area contributed by atoms with Crippen molar-refractivity contribution in [2.24, 2.45) is 0 Å². The van der Waals surface area contributed by atoms with Gasteiger partial charge in [-0.25, -0.2) is 26.5 Å².